The van der Waals surface area contributed by atoms with E-state index in [-0.39, 0.29) is 0 Å². The van der Waals surface area contributed by atoms with Crippen LogP contribution in [-0.2, 0) is 13.0 Å². The van der Waals surface area contributed by atoms with Crippen molar-refractivity contribution in [2.75, 3.05) is 12.8 Å². The molecular weight excluding hydrogens is 358 g/mol. The van der Waals surface area contributed by atoms with Crippen molar-refractivity contribution in [1.82, 2.24) is 4.90 Å². The lowest BCUT2D eigenvalue weighted by Crippen LogP contribution is -2.41. The molecule has 2 heteroatoms. The smallest absolute Gasteiger partial charge is 0.0236 e. The van der Waals surface area contributed by atoms with Crippen LogP contribution in [-0.4, -0.2) is 23.7 Å². The summed E-state index contributed by atoms with van der Waals surface area (Å²) in [5.74, 6) is 0. The predicted molar refractivity (Wildman–Crippen MR) is 127 cm³/mol. The molecule has 2 aromatic carbocycles. The Morgan fingerprint density at radius 3 is 2.11 bits per heavy atom. The molecule has 2 rings (SSSR count). The van der Waals surface area contributed by atoms with Gasteiger partial charge in [0.15, 0.2) is 0 Å². The van der Waals surface area contributed by atoms with Gasteiger partial charge >= 0.3 is 0 Å². The first kappa shape index (κ1) is 23.0. The molecule has 1 atom stereocenters. The minimum Gasteiger partial charge on any atom is -0.296 e. The van der Waals surface area contributed by atoms with Crippen molar-refractivity contribution < 1.29 is 0 Å². The van der Waals surface area contributed by atoms with Crippen molar-refractivity contribution >= 4 is 11.8 Å². The molecule has 0 N–H and O–H groups in total. The molecule has 0 aromatic heterocycles. The molecule has 0 aliphatic rings. The monoisotopic (exact) mass is 397 g/mol. The normalized spacial score (nSPS) is 13.1. The molecule has 2 aromatic rings. The highest BCUT2D eigenvalue weighted by atomic mass is 32.2. The molecular formula is C26H39NS. The Morgan fingerprint density at radius 1 is 0.929 bits per heavy atom. The van der Waals surface area contributed by atoms with E-state index in [9.17, 15) is 0 Å². The van der Waals surface area contributed by atoms with Crippen LogP contribution in [0.2, 0.25) is 0 Å². The summed E-state index contributed by atoms with van der Waals surface area (Å²) in [5.41, 5.74) is 5.84. The van der Waals surface area contributed by atoms with Crippen molar-refractivity contribution in [3.63, 3.8) is 0 Å². The van der Waals surface area contributed by atoms with Crippen LogP contribution in [0.1, 0.15) is 65.5 Å². The maximum absolute atomic E-state index is 2.63. The molecule has 0 fully saturated rings. The summed E-state index contributed by atoms with van der Waals surface area (Å²) in [7, 11) is 0. The second-order valence-electron chi connectivity index (χ2n) is 8.99. The second kappa shape index (κ2) is 10.5. The first-order valence-corrected chi connectivity index (χ1v) is 12.0. The highest BCUT2D eigenvalue weighted by molar-refractivity contribution is 7.98. The van der Waals surface area contributed by atoms with Crippen LogP contribution >= 0.6 is 11.8 Å². The van der Waals surface area contributed by atoms with E-state index in [2.05, 4.69) is 95.2 Å². The third-order valence-corrected chi connectivity index (χ3v) is 6.56. The fourth-order valence-electron chi connectivity index (χ4n) is 3.69. The molecule has 154 valence electrons. The molecule has 0 aliphatic carbocycles. The number of hydrogen-bond donors (Lipinski definition) is 0. The Bertz CT molecular complexity index is 727. The Kier molecular flexibility index (Phi) is 8.64. The van der Waals surface area contributed by atoms with E-state index in [0.717, 1.165) is 19.5 Å². The summed E-state index contributed by atoms with van der Waals surface area (Å²) >= 11 is 1.84. The molecule has 28 heavy (non-hydrogen) atoms. The minimum atomic E-state index is 0.294. The number of aryl methyl sites for hydroxylation is 1. The lowest BCUT2D eigenvalue weighted by atomic mass is 9.86. The highest BCUT2D eigenvalue weighted by Crippen LogP contribution is 2.32. The summed E-state index contributed by atoms with van der Waals surface area (Å²) < 4.78 is 0. The van der Waals surface area contributed by atoms with E-state index < -0.39 is 0 Å². The topological polar surface area (TPSA) is 3.24 Å². The maximum Gasteiger partial charge on any atom is 0.0236 e. The zero-order valence-electron chi connectivity index (χ0n) is 19.0. The zero-order valence-corrected chi connectivity index (χ0v) is 19.8. The van der Waals surface area contributed by atoms with Gasteiger partial charge in [-0.25, -0.2) is 0 Å². The molecule has 0 heterocycles. The minimum absolute atomic E-state index is 0.294. The number of nitrogens with zero attached hydrogens (tertiary/aromatic N) is 1. The molecule has 0 aliphatic heterocycles. The Balaban J connectivity index is 2.24. The molecule has 0 amide bonds. The molecule has 1 unspecified atom stereocenters. The van der Waals surface area contributed by atoms with E-state index in [0.29, 0.717) is 11.5 Å². The van der Waals surface area contributed by atoms with Crippen molar-refractivity contribution in [2.45, 2.75) is 78.3 Å². The van der Waals surface area contributed by atoms with Crippen LogP contribution in [0.25, 0.3) is 11.1 Å². The van der Waals surface area contributed by atoms with Crippen molar-refractivity contribution in [1.29, 1.82) is 0 Å². The van der Waals surface area contributed by atoms with Gasteiger partial charge in [-0.1, -0.05) is 77.4 Å². The SMILES string of the molecule is CCCc1ccc(SC)c(-c2ccc(CN(CCC)C(C)C(C)(C)C)cc2)c1. The second-order valence-corrected chi connectivity index (χ2v) is 9.84. The summed E-state index contributed by atoms with van der Waals surface area (Å²) in [6.45, 7) is 16.1. The average molecular weight is 398 g/mol. The van der Waals surface area contributed by atoms with Gasteiger partial charge in [-0.05, 0) is 66.3 Å². The Morgan fingerprint density at radius 2 is 1.57 bits per heavy atom. The zero-order chi connectivity index (χ0) is 20.7. The summed E-state index contributed by atoms with van der Waals surface area (Å²) in [5, 5.41) is 0. The first-order valence-electron chi connectivity index (χ1n) is 10.8. The van der Waals surface area contributed by atoms with Gasteiger partial charge in [0.2, 0.25) is 0 Å². The van der Waals surface area contributed by atoms with Gasteiger partial charge in [0.1, 0.15) is 0 Å². The van der Waals surface area contributed by atoms with Gasteiger partial charge in [-0.3, -0.25) is 4.90 Å². The molecule has 0 bridgehead atoms. The molecule has 1 nitrogen and oxygen atoms in total. The predicted octanol–water partition coefficient (Wildman–Crippen LogP) is 7.67. The van der Waals surface area contributed by atoms with Crippen LogP contribution < -0.4 is 0 Å². The largest absolute Gasteiger partial charge is 0.296 e. The molecule has 0 saturated carbocycles. The quantitative estimate of drug-likeness (QED) is 0.399. The van der Waals surface area contributed by atoms with Gasteiger partial charge in [0.25, 0.3) is 0 Å². The van der Waals surface area contributed by atoms with Gasteiger partial charge in [-0.2, -0.15) is 0 Å². The lowest BCUT2D eigenvalue weighted by molar-refractivity contribution is 0.105. The number of benzene rings is 2. The summed E-state index contributed by atoms with van der Waals surface area (Å²) in [6, 6.07) is 16.8. The van der Waals surface area contributed by atoms with E-state index in [1.807, 2.05) is 11.8 Å². The standard InChI is InChI=1S/C26H39NS/c1-8-10-21-13-16-25(28-7)24(18-21)23-14-11-22(12-15-23)19-27(17-9-2)20(3)26(4,5)6/h11-16,18,20H,8-10,17,19H2,1-7H3. The fourth-order valence-corrected chi connectivity index (χ4v) is 4.29. The first-order chi connectivity index (χ1) is 13.3. The number of thioether (sulfide) groups is 1. The summed E-state index contributed by atoms with van der Waals surface area (Å²) in [4.78, 5) is 3.99. The van der Waals surface area contributed by atoms with Crippen LogP contribution in [0.15, 0.2) is 47.4 Å². The number of rotatable bonds is 9. The van der Waals surface area contributed by atoms with E-state index in [1.165, 1.54) is 40.0 Å². The van der Waals surface area contributed by atoms with Crippen LogP contribution in [0.3, 0.4) is 0 Å². The maximum atomic E-state index is 2.63. The molecule has 0 spiro atoms. The van der Waals surface area contributed by atoms with Crippen molar-refractivity contribution in [2.24, 2.45) is 5.41 Å². The van der Waals surface area contributed by atoms with Gasteiger partial charge in [0, 0.05) is 17.5 Å². The van der Waals surface area contributed by atoms with Crippen LogP contribution in [0.4, 0.5) is 0 Å². The molecule has 0 radical (unpaired) electrons. The number of hydrogen-bond acceptors (Lipinski definition) is 2. The Hall–Kier alpha value is -1.25. The highest BCUT2D eigenvalue weighted by Gasteiger charge is 2.25. The van der Waals surface area contributed by atoms with E-state index >= 15 is 0 Å². The van der Waals surface area contributed by atoms with Gasteiger partial charge < -0.3 is 0 Å². The van der Waals surface area contributed by atoms with Crippen LogP contribution in [0.5, 0.6) is 0 Å². The third-order valence-electron chi connectivity index (χ3n) is 5.77. The van der Waals surface area contributed by atoms with Gasteiger partial charge in [-0.15, -0.1) is 11.8 Å². The van der Waals surface area contributed by atoms with E-state index in [4.69, 9.17) is 0 Å². The van der Waals surface area contributed by atoms with E-state index in [1.54, 1.807) is 0 Å². The average Bonchev–Trinajstić information content (AvgIpc) is 2.67. The lowest BCUT2D eigenvalue weighted by Gasteiger charge is -2.38. The van der Waals surface area contributed by atoms with Gasteiger partial charge in [0.05, 0.1) is 0 Å². The van der Waals surface area contributed by atoms with Crippen molar-refractivity contribution in [3.8, 4) is 11.1 Å². The third kappa shape index (κ3) is 6.12. The Labute approximate surface area is 177 Å². The molecule has 0 saturated heterocycles. The van der Waals surface area contributed by atoms with Crippen molar-refractivity contribution in [3.05, 3.63) is 53.6 Å². The fraction of sp³-hybridized carbons (Fsp3) is 0.538. The van der Waals surface area contributed by atoms with Crippen LogP contribution in [0, 0.1) is 5.41 Å². The summed E-state index contributed by atoms with van der Waals surface area (Å²) in [6.07, 6.45) is 5.70.